The lowest BCUT2D eigenvalue weighted by molar-refractivity contribution is 0.571. The van der Waals surface area contributed by atoms with Gasteiger partial charge < -0.3 is 0 Å². The summed E-state index contributed by atoms with van der Waals surface area (Å²) in [7, 11) is -7.70. The fourth-order valence-electron chi connectivity index (χ4n) is 1.92. The molecule has 0 fully saturated rings. The van der Waals surface area contributed by atoms with Gasteiger partial charge >= 0.3 is 0 Å². The van der Waals surface area contributed by atoms with Crippen LogP contribution in [0.15, 0.2) is 47.4 Å². The molecule has 0 saturated heterocycles. The summed E-state index contributed by atoms with van der Waals surface area (Å²) < 4.78 is 65.1. The molecule has 0 saturated carbocycles. The summed E-state index contributed by atoms with van der Waals surface area (Å²) >= 11 is 0. The van der Waals surface area contributed by atoms with Crippen molar-refractivity contribution in [2.45, 2.75) is 11.8 Å². The molecule has 2 aromatic rings. The van der Waals surface area contributed by atoms with E-state index in [1.165, 1.54) is 6.07 Å². The first-order valence-electron chi connectivity index (χ1n) is 6.44. The third-order valence-corrected chi connectivity index (χ3v) is 4.82. The fourth-order valence-corrected chi connectivity index (χ4v) is 3.58. The summed E-state index contributed by atoms with van der Waals surface area (Å²) in [5.74, 6) is -1.06. The molecule has 0 aromatic heterocycles. The van der Waals surface area contributed by atoms with Crippen LogP contribution in [-0.4, -0.2) is 23.1 Å². The standard InChI is InChI=1S/C14H15FN2O4S2/c1-10-4-3-5-11(8-10)17-23(20,21)14-7-6-12(9-13(14)15)16-22(2,18)19/h3-9,16-17H,1-2H3. The first-order chi connectivity index (χ1) is 10.6. The van der Waals surface area contributed by atoms with Gasteiger partial charge in [0.2, 0.25) is 10.0 Å². The lowest BCUT2D eigenvalue weighted by Crippen LogP contribution is -2.15. The van der Waals surface area contributed by atoms with Gasteiger partial charge in [0.15, 0.2) is 0 Å². The predicted molar refractivity (Wildman–Crippen MR) is 86.9 cm³/mol. The highest BCUT2D eigenvalue weighted by Crippen LogP contribution is 2.22. The number of anilines is 2. The van der Waals surface area contributed by atoms with Gasteiger partial charge in [-0.3, -0.25) is 9.44 Å². The largest absolute Gasteiger partial charge is 0.284 e. The topological polar surface area (TPSA) is 92.3 Å². The molecule has 0 radical (unpaired) electrons. The summed E-state index contributed by atoms with van der Waals surface area (Å²) in [5, 5.41) is 0. The Morgan fingerprint density at radius 1 is 0.913 bits per heavy atom. The van der Waals surface area contributed by atoms with Crippen molar-refractivity contribution < 1.29 is 21.2 Å². The summed E-state index contributed by atoms with van der Waals surface area (Å²) in [4.78, 5) is -0.571. The maximum Gasteiger partial charge on any atom is 0.264 e. The van der Waals surface area contributed by atoms with E-state index in [9.17, 15) is 21.2 Å². The molecule has 0 aliphatic rings. The Kier molecular flexibility index (Phi) is 4.62. The average Bonchev–Trinajstić information content (AvgIpc) is 2.35. The van der Waals surface area contributed by atoms with Crippen LogP contribution in [0, 0.1) is 12.7 Å². The average molecular weight is 358 g/mol. The van der Waals surface area contributed by atoms with Crippen LogP contribution in [0.2, 0.25) is 0 Å². The molecule has 9 heteroatoms. The minimum atomic E-state index is -4.12. The first-order valence-corrected chi connectivity index (χ1v) is 9.81. The molecule has 0 atom stereocenters. The molecule has 0 bridgehead atoms. The van der Waals surface area contributed by atoms with Gasteiger partial charge in [0, 0.05) is 5.69 Å². The SMILES string of the molecule is Cc1cccc(NS(=O)(=O)c2ccc(NS(C)(=O)=O)cc2F)c1. The van der Waals surface area contributed by atoms with Crippen molar-refractivity contribution in [2.24, 2.45) is 0 Å². The molecular formula is C14H15FN2O4S2. The van der Waals surface area contributed by atoms with Gasteiger partial charge in [-0.05, 0) is 42.8 Å². The summed E-state index contributed by atoms with van der Waals surface area (Å²) in [5.41, 5.74) is 1.10. The van der Waals surface area contributed by atoms with Crippen LogP contribution in [0.1, 0.15) is 5.56 Å². The third kappa shape index (κ3) is 4.67. The predicted octanol–water partition coefficient (Wildman–Crippen LogP) is 2.31. The Hall–Kier alpha value is -2.13. The highest BCUT2D eigenvalue weighted by Gasteiger charge is 2.20. The second kappa shape index (κ2) is 6.17. The van der Waals surface area contributed by atoms with E-state index >= 15 is 0 Å². The van der Waals surface area contributed by atoms with E-state index in [1.54, 1.807) is 31.2 Å². The zero-order chi connectivity index (χ0) is 17.3. The second-order valence-corrected chi connectivity index (χ2v) is 8.39. The molecule has 0 heterocycles. The van der Waals surface area contributed by atoms with Crippen LogP contribution >= 0.6 is 0 Å². The smallest absolute Gasteiger partial charge is 0.264 e. The van der Waals surface area contributed by atoms with Crippen LogP contribution in [0.3, 0.4) is 0 Å². The van der Waals surface area contributed by atoms with Crippen LogP contribution < -0.4 is 9.44 Å². The van der Waals surface area contributed by atoms with Gasteiger partial charge in [0.1, 0.15) is 10.7 Å². The van der Waals surface area contributed by atoms with E-state index in [1.807, 2.05) is 0 Å². The number of rotatable bonds is 5. The van der Waals surface area contributed by atoms with E-state index in [-0.39, 0.29) is 5.69 Å². The fraction of sp³-hybridized carbons (Fsp3) is 0.143. The highest BCUT2D eigenvalue weighted by molar-refractivity contribution is 7.92. The monoisotopic (exact) mass is 358 g/mol. The van der Waals surface area contributed by atoms with E-state index in [0.717, 1.165) is 24.0 Å². The van der Waals surface area contributed by atoms with Gasteiger partial charge in [0.05, 0.1) is 11.9 Å². The van der Waals surface area contributed by atoms with Crippen molar-refractivity contribution in [1.82, 2.24) is 0 Å². The van der Waals surface area contributed by atoms with E-state index in [2.05, 4.69) is 9.44 Å². The number of aryl methyl sites for hydroxylation is 1. The number of hydrogen-bond donors (Lipinski definition) is 2. The molecule has 0 aliphatic heterocycles. The van der Waals surface area contributed by atoms with E-state index in [4.69, 9.17) is 0 Å². The minimum Gasteiger partial charge on any atom is -0.284 e. The van der Waals surface area contributed by atoms with E-state index in [0.29, 0.717) is 5.69 Å². The molecule has 2 N–H and O–H groups in total. The van der Waals surface area contributed by atoms with Crippen LogP contribution in [0.5, 0.6) is 0 Å². The number of halogens is 1. The summed E-state index contributed by atoms with van der Waals surface area (Å²) in [6.45, 7) is 1.80. The number of sulfonamides is 2. The molecule has 0 aliphatic carbocycles. The Labute approximate surface area is 134 Å². The van der Waals surface area contributed by atoms with Crippen molar-refractivity contribution in [3.63, 3.8) is 0 Å². The maximum atomic E-state index is 14.0. The number of benzene rings is 2. The van der Waals surface area contributed by atoms with Gasteiger partial charge in [-0.1, -0.05) is 12.1 Å². The third-order valence-electron chi connectivity index (χ3n) is 2.79. The molecule has 0 spiro atoms. The molecule has 124 valence electrons. The van der Waals surface area contributed by atoms with Crippen molar-refractivity contribution in [3.05, 3.63) is 53.8 Å². The van der Waals surface area contributed by atoms with Gasteiger partial charge in [-0.25, -0.2) is 21.2 Å². The lowest BCUT2D eigenvalue weighted by atomic mass is 10.2. The van der Waals surface area contributed by atoms with E-state index < -0.39 is 30.8 Å². The maximum absolute atomic E-state index is 14.0. The van der Waals surface area contributed by atoms with Crippen molar-refractivity contribution >= 4 is 31.4 Å². The van der Waals surface area contributed by atoms with Gasteiger partial charge in [-0.2, -0.15) is 0 Å². The zero-order valence-electron chi connectivity index (χ0n) is 12.4. The Balaban J connectivity index is 2.33. The summed E-state index contributed by atoms with van der Waals surface area (Å²) in [6, 6.07) is 9.60. The molecule has 6 nitrogen and oxygen atoms in total. The Bertz CT molecular complexity index is 941. The number of nitrogens with one attached hydrogen (secondary N) is 2. The van der Waals surface area contributed by atoms with Crippen molar-refractivity contribution in [1.29, 1.82) is 0 Å². The molecule has 2 rings (SSSR count). The zero-order valence-corrected chi connectivity index (χ0v) is 14.0. The van der Waals surface area contributed by atoms with Crippen molar-refractivity contribution in [2.75, 3.05) is 15.7 Å². The highest BCUT2D eigenvalue weighted by atomic mass is 32.2. The molecule has 23 heavy (non-hydrogen) atoms. The molecule has 0 unspecified atom stereocenters. The van der Waals surface area contributed by atoms with Crippen molar-refractivity contribution in [3.8, 4) is 0 Å². The Morgan fingerprint density at radius 3 is 2.13 bits per heavy atom. The quantitative estimate of drug-likeness (QED) is 0.858. The molecular weight excluding hydrogens is 343 g/mol. The van der Waals surface area contributed by atoms with Crippen LogP contribution in [0.25, 0.3) is 0 Å². The first kappa shape index (κ1) is 17.2. The number of hydrogen-bond acceptors (Lipinski definition) is 4. The lowest BCUT2D eigenvalue weighted by Gasteiger charge is -2.11. The van der Waals surface area contributed by atoms with Gasteiger partial charge in [0.25, 0.3) is 10.0 Å². The van der Waals surface area contributed by atoms with Crippen LogP contribution in [0.4, 0.5) is 15.8 Å². The molecule has 2 aromatic carbocycles. The second-order valence-electron chi connectivity index (χ2n) is 4.99. The van der Waals surface area contributed by atoms with Crippen LogP contribution in [-0.2, 0) is 20.0 Å². The normalized spacial score (nSPS) is 12.0. The van der Waals surface area contributed by atoms with Gasteiger partial charge in [-0.15, -0.1) is 0 Å². The Morgan fingerprint density at radius 2 is 1.57 bits per heavy atom. The molecule has 0 amide bonds. The minimum absolute atomic E-state index is 0.0560. The summed E-state index contributed by atoms with van der Waals surface area (Å²) in [6.07, 6.45) is 0.912.